The van der Waals surface area contributed by atoms with Gasteiger partial charge in [-0.2, -0.15) is 0 Å². The number of ketones is 3. The van der Waals surface area contributed by atoms with Crippen molar-refractivity contribution in [3.8, 4) is 0 Å². The molecule has 0 aromatic heterocycles. The van der Waals surface area contributed by atoms with Gasteiger partial charge in [-0.25, -0.2) is 0 Å². The van der Waals surface area contributed by atoms with Crippen LogP contribution in [0.4, 0.5) is 5.69 Å². The number of benzene rings is 3. The molecule has 3 aliphatic rings. The highest BCUT2D eigenvalue weighted by Crippen LogP contribution is 2.61. The molecule has 2 heterocycles. The molecule has 3 atom stereocenters. The van der Waals surface area contributed by atoms with Gasteiger partial charge < -0.3 is 4.90 Å². The molecule has 0 amide bonds. The minimum Gasteiger partial charge on any atom is -0.352 e. The van der Waals surface area contributed by atoms with Crippen molar-refractivity contribution in [1.82, 2.24) is 0 Å². The third-order valence-corrected chi connectivity index (χ3v) is 8.72. The maximum absolute atomic E-state index is 14.5. The molecule has 1 fully saturated rings. The minimum absolute atomic E-state index is 0.0145. The third-order valence-electron chi connectivity index (χ3n) is 8.20. The molecule has 3 aromatic rings. The first-order chi connectivity index (χ1) is 17.6. The molecule has 3 aromatic carbocycles. The largest absolute Gasteiger partial charge is 0.352 e. The van der Waals surface area contributed by atoms with Crippen molar-refractivity contribution in [2.24, 2.45) is 10.8 Å². The SMILES string of the molecule is Cc1ccc2c(c1)C=C[C@@H]1N2[C@H](C(=O)C(C)(C)C)[C@@H](c2ccc(Br)cc2)C12C(=O)c1ccccc1C2=O. The fourth-order valence-corrected chi connectivity index (χ4v) is 6.85. The zero-order chi connectivity index (χ0) is 26.3. The van der Waals surface area contributed by atoms with Gasteiger partial charge in [0.15, 0.2) is 17.3 Å². The Bertz CT molecular complexity index is 1480. The second-order valence-electron chi connectivity index (χ2n) is 11.4. The maximum atomic E-state index is 14.5. The van der Waals surface area contributed by atoms with E-state index in [9.17, 15) is 14.4 Å². The maximum Gasteiger partial charge on any atom is 0.180 e. The molecule has 5 heteroatoms. The molecule has 1 spiro atoms. The summed E-state index contributed by atoms with van der Waals surface area (Å²) in [6, 6.07) is 19.7. The van der Waals surface area contributed by atoms with Crippen LogP contribution < -0.4 is 4.90 Å². The van der Waals surface area contributed by atoms with Crippen molar-refractivity contribution in [2.45, 2.75) is 45.7 Å². The molecule has 0 unspecified atom stereocenters. The molecular weight excluding hydrogens is 526 g/mol. The molecule has 6 rings (SSSR count). The van der Waals surface area contributed by atoms with Crippen LogP contribution in [0.5, 0.6) is 0 Å². The lowest BCUT2D eigenvalue weighted by atomic mass is 9.63. The summed E-state index contributed by atoms with van der Waals surface area (Å²) in [5.74, 6) is -1.02. The van der Waals surface area contributed by atoms with E-state index in [2.05, 4.69) is 26.9 Å². The molecule has 0 bridgehead atoms. The first-order valence-electron chi connectivity index (χ1n) is 12.6. The quantitative estimate of drug-likeness (QED) is 0.327. The molecule has 1 aliphatic carbocycles. The predicted octanol–water partition coefficient (Wildman–Crippen LogP) is 6.81. The number of carbonyl (C=O) groups excluding carboxylic acids is 3. The van der Waals surface area contributed by atoms with E-state index in [1.807, 2.05) is 76.2 Å². The normalized spacial score (nSPS) is 23.3. The van der Waals surface area contributed by atoms with Crippen LogP contribution in [-0.4, -0.2) is 29.4 Å². The summed E-state index contributed by atoms with van der Waals surface area (Å²) in [5, 5.41) is 0. The van der Waals surface area contributed by atoms with Gasteiger partial charge in [-0.15, -0.1) is 0 Å². The van der Waals surface area contributed by atoms with Crippen molar-refractivity contribution in [3.63, 3.8) is 0 Å². The Morgan fingerprint density at radius 2 is 1.54 bits per heavy atom. The Morgan fingerprint density at radius 1 is 0.919 bits per heavy atom. The van der Waals surface area contributed by atoms with Crippen LogP contribution in [0.15, 0.2) is 77.3 Å². The van der Waals surface area contributed by atoms with Gasteiger partial charge in [0.25, 0.3) is 0 Å². The number of rotatable bonds is 2. The zero-order valence-electron chi connectivity index (χ0n) is 21.3. The number of Topliss-reactive ketones (excluding diaryl/α,β-unsaturated/α-hetero) is 3. The number of nitrogens with zero attached hydrogens (tertiary/aromatic N) is 1. The smallest absolute Gasteiger partial charge is 0.180 e. The van der Waals surface area contributed by atoms with Gasteiger partial charge in [0.05, 0.1) is 12.1 Å². The van der Waals surface area contributed by atoms with E-state index in [-0.39, 0.29) is 17.3 Å². The van der Waals surface area contributed by atoms with Crippen LogP contribution in [0.1, 0.15) is 64.1 Å². The van der Waals surface area contributed by atoms with Crippen LogP contribution in [0.25, 0.3) is 6.08 Å². The van der Waals surface area contributed by atoms with E-state index in [1.54, 1.807) is 24.3 Å². The van der Waals surface area contributed by atoms with Crippen molar-refractivity contribution < 1.29 is 14.4 Å². The van der Waals surface area contributed by atoms with Crippen molar-refractivity contribution in [1.29, 1.82) is 0 Å². The van der Waals surface area contributed by atoms with E-state index in [0.29, 0.717) is 11.1 Å². The van der Waals surface area contributed by atoms with Gasteiger partial charge in [-0.3, -0.25) is 14.4 Å². The molecule has 0 N–H and O–H groups in total. The van der Waals surface area contributed by atoms with Gasteiger partial charge >= 0.3 is 0 Å². The lowest BCUT2D eigenvalue weighted by Gasteiger charge is -2.38. The van der Waals surface area contributed by atoms with Crippen molar-refractivity contribution in [2.75, 3.05) is 4.90 Å². The van der Waals surface area contributed by atoms with Crippen LogP contribution >= 0.6 is 15.9 Å². The number of anilines is 1. The Labute approximate surface area is 225 Å². The number of hydrogen-bond donors (Lipinski definition) is 0. The number of fused-ring (bicyclic) bond motifs is 5. The van der Waals surface area contributed by atoms with E-state index < -0.39 is 28.8 Å². The summed E-state index contributed by atoms with van der Waals surface area (Å²) in [6.45, 7) is 7.78. The summed E-state index contributed by atoms with van der Waals surface area (Å²) in [5.41, 5.74) is 2.57. The molecule has 0 saturated carbocycles. The van der Waals surface area contributed by atoms with Gasteiger partial charge in [-0.05, 0) is 42.3 Å². The lowest BCUT2D eigenvalue weighted by Crippen LogP contribution is -2.49. The van der Waals surface area contributed by atoms with Gasteiger partial charge in [0.1, 0.15) is 5.41 Å². The van der Waals surface area contributed by atoms with Gasteiger partial charge in [0, 0.05) is 32.6 Å². The molecule has 1 saturated heterocycles. The zero-order valence-corrected chi connectivity index (χ0v) is 22.9. The molecule has 2 aliphatic heterocycles. The fourth-order valence-electron chi connectivity index (χ4n) is 6.58. The lowest BCUT2D eigenvalue weighted by molar-refractivity contribution is -0.127. The highest BCUT2D eigenvalue weighted by molar-refractivity contribution is 9.10. The molecular formula is C32H28BrNO3. The summed E-state index contributed by atoms with van der Waals surface area (Å²) < 4.78 is 0.896. The molecule has 186 valence electrons. The second kappa shape index (κ2) is 8.09. The van der Waals surface area contributed by atoms with Crippen molar-refractivity contribution in [3.05, 3.63) is 105 Å². The van der Waals surface area contributed by atoms with Gasteiger partial charge in [-0.1, -0.05) is 96.9 Å². The highest BCUT2D eigenvalue weighted by atomic mass is 79.9. The summed E-state index contributed by atoms with van der Waals surface area (Å²) in [7, 11) is 0. The number of halogens is 1. The minimum atomic E-state index is -1.44. The third kappa shape index (κ3) is 3.23. The van der Waals surface area contributed by atoms with Crippen molar-refractivity contribution >= 4 is 45.0 Å². The fraction of sp³-hybridized carbons (Fsp3) is 0.281. The van der Waals surface area contributed by atoms with E-state index in [4.69, 9.17) is 0 Å². The Kier molecular flexibility index (Phi) is 5.26. The molecule has 0 radical (unpaired) electrons. The average molecular weight is 554 g/mol. The Morgan fingerprint density at radius 3 is 2.14 bits per heavy atom. The summed E-state index contributed by atoms with van der Waals surface area (Å²) >= 11 is 3.52. The van der Waals surface area contributed by atoms with Gasteiger partial charge in [0.2, 0.25) is 0 Å². The topological polar surface area (TPSA) is 54.5 Å². The molecule has 4 nitrogen and oxygen atoms in total. The van der Waals surface area contributed by atoms with Crippen LogP contribution in [0.2, 0.25) is 0 Å². The predicted molar refractivity (Wildman–Crippen MR) is 149 cm³/mol. The first-order valence-corrected chi connectivity index (χ1v) is 13.4. The standard InChI is InChI=1S/C32H28BrNO3/c1-18-9-15-24-20(17-18)12-16-25-32(28(35)22-7-5-6-8-23(22)29(32)36)26(19-10-13-21(33)14-11-19)27(34(24)25)30(37)31(2,3)4/h5-17,25-27H,1-4H3/t25-,26+,27-/m0/s1. The Hall–Kier alpha value is -3.31. The van der Waals surface area contributed by atoms with E-state index in [1.165, 1.54) is 0 Å². The summed E-state index contributed by atoms with van der Waals surface area (Å²) in [4.78, 5) is 45.5. The van der Waals surface area contributed by atoms with E-state index in [0.717, 1.165) is 26.9 Å². The average Bonchev–Trinajstić information content (AvgIpc) is 3.29. The summed E-state index contributed by atoms with van der Waals surface area (Å²) in [6.07, 6.45) is 3.99. The first kappa shape index (κ1) is 24.1. The number of carbonyl (C=O) groups is 3. The highest BCUT2D eigenvalue weighted by Gasteiger charge is 2.71. The Balaban J connectivity index is 1.70. The number of hydrogen-bond acceptors (Lipinski definition) is 4. The van der Waals surface area contributed by atoms with Crippen LogP contribution in [0.3, 0.4) is 0 Å². The number of aryl methyl sites for hydroxylation is 1. The van der Waals surface area contributed by atoms with E-state index >= 15 is 0 Å². The monoisotopic (exact) mass is 553 g/mol. The molecule has 37 heavy (non-hydrogen) atoms. The van der Waals surface area contributed by atoms with Crippen LogP contribution in [0, 0.1) is 17.8 Å². The second-order valence-corrected chi connectivity index (χ2v) is 12.4. The van der Waals surface area contributed by atoms with Crippen LogP contribution in [-0.2, 0) is 4.79 Å².